The van der Waals surface area contributed by atoms with Crippen LogP contribution in [0, 0.1) is 0 Å². The molecular formula is C22H43N. The normalized spacial score (nSPS) is 11.9. The van der Waals surface area contributed by atoms with Crippen LogP contribution >= 0.6 is 0 Å². The molecule has 0 heterocycles. The van der Waals surface area contributed by atoms with Crippen LogP contribution < -0.4 is 5.73 Å². The predicted molar refractivity (Wildman–Crippen MR) is 107 cm³/mol. The van der Waals surface area contributed by atoms with Gasteiger partial charge in [0.25, 0.3) is 0 Å². The quantitative estimate of drug-likeness (QED) is 0.208. The molecule has 0 bridgehead atoms. The second-order valence-electron chi connectivity index (χ2n) is 6.78. The van der Waals surface area contributed by atoms with Gasteiger partial charge in [0.2, 0.25) is 0 Å². The molecule has 0 aromatic rings. The van der Waals surface area contributed by atoms with Gasteiger partial charge in [0.1, 0.15) is 0 Å². The molecule has 0 amide bonds. The van der Waals surface area contributed by atoms with Crippen LogP contribution in [0.1, 0.15) is 110 Å². The van der Waals surface area contributed by atoms with E-state index in [0.717, 1.165) is 6.54 Å². The van der Waals surface area contributed by atoms with Crippen molar-refractivity contribution in [3.63, 3.8) is 0 Å². The van der Waals surface area contributed by atoms with Gasteiger partial charge in [-0.25, -0.2) is 0 Å². The van der Waals surface area contributed by atoms with E-state index in [2.05, 4.69) is 31.2 Å². The van der Waals surface area contributed by atoms with Crippen molar-refractivity contribution in [3.8, 4) is 0 Å². The van der Waals surface area contributed by atoms with Crippen LogP contribution in [0.15, 0.2) is 24.3 Å². The first-order valence-corrected chi connectivity index (χ1v) is 10.4. The molecule has 0 unspecified atom stereocenters. The highest BCUT2D eigenvalue weighted by atomic mass is 14.5. The summed E-state index contributed by atoms with van der Waals surface area (Å²) in [6.07, 6.45) is 30.9. The van der Waals surface area contributed by atoms with E-state index in [9.17, 15) is 0 Å². The summed E-state index contributed by atoms with van der Waals surface area (Å²) in [6.45, 7) is 3.14. The Kier molecular flexibility index (Phi) is 20.9. The highest BCUT2D eigenvalue weighted by molar-refractivity contribution is 4.88. The Balaban J connectivity index is 3.14. The fourth-order valence-corrected chi connectivity index (χ4v) is 2.82. The molecule has 0 saturated heterocycles. The molecule has 136 valence electrons. The minimum Gasteiger partial charge on any atom is -0.330 e. The summed E-state index contributed by atoms with van der Waals surface area (Å²) in [6, 6.07) is 0. The molecule has 0 fully saturated rings. The number of hydrogen-bond donors (Lipinski definition) is 1. The number of allylic oxidation sites excluding steroid dienone is 4. The van der Waals surface area contributed by atoms with Crippen LogP contribution in [0.5, 0.6) is 0 Å². The smallest absolute Gasteiger partial charge is 0.00773 e. The lowest BCUT2D eigenvalue weighted by atomic mass is 10.1. The minimum absolute atomic E-state index is 0.857. The maximum Gasteiger partial charge on any atom is -0.00773 e. The zero-order chi connectivity index (χ0) is 16.8. The highest BCUT2D eigenvalue weighted by Gasteiger charge is 1.90. The van der Waals surface area contributed by atoms with Gasteiger partial charge < -0.3 is 5.73 Å². The molecule has 0 aliphatic rings. The maximum absolute atomic E-state index is 5.49. The van der Waals surface area contributed by atoms with E-state index in [1.807, 2.05) is 0 Å². The topological polar surface area (TPSA) is 26.0 Å². The Morgan fingerprint density at radius 2 is 0.870 bits per heavy atom. The number of hydrogen-bond acceptors (Lipinski definition) is 1. The Morgan fingerprint density at radius 1 is 0.478 bits per heavy atom. The summed E-state index contributed by atoms with van der Waals surface area (Å²) >= 11 is 0. The van der Waals surface area contributed by atoms with Gasteiger partial charge in [-0.2, -0.15) is 0 Å². The second-order valence-corrected chi connectivity index (χ2v) is 6.78. The largest absolute Gasteiger partial charge is 0.330 e. The summed E-state index contributed by atoms with van der Waals surface area (Å²) < 4.78 is 0. The van der Waals surface area contributed by atoms with Gasteiger partial charge in [-0.3, -0.25) is 0 Å². The summed E-state index contributed by atoms with van der Waals surface area (Å²) in [5.41, 5.74) is 5.49. The van der Waals surface area contributed by atoms with Crippen LogP contribution in [0.4, 0.5) is 0 Å². The first-order chi connectivity index (χ1) is 11.4. The Labute approximate surface area is 146 Å². The number of rotatable bonds is 18. The van der Waals surface area contributed by atoms with Crippen molar-refractivity contribution < 1.29 is 0 Å². The van der Waals surface area contributed by atoms with Crippen molar-refractivity contribution in [1.82, 2.24) is 0 Å². The summed E-state index contributed by atoms with van der Waals surface area (Å²) in [4.78, 5) is 0. The van der Waals surface area contributed by atoms with Gasteiger partial charge in [-0.05, 0) is 51.5 Å². The first-order valence-electron chi connectivity index (χ1n) is 10.4. The lowest BCUT2D eigenvalue weighted by Gasteiger charge is -1.98. The first kappa shape index (κ1) is 22.4. The van der Waals surface area contributed by atoms with Gasteiger partial charge in [-0.15, -0.1) is 0 Å². The molecule has 0 saturated carbocycles. The number of nitrogens with two attached hydrogens (primary N) is 1. The molecule has 0 aromatic carbocycles. The third-order valence-corrected chi connectivity index (χ3v) is 4.38. The summed E-state index contributed by atoms with van der Waals surface area (Å²) in [5.74, 6) is 0. The molecular weight excluding hydrogens is 278 g/mol. The van der Waals surface area contributed by atoms with E-state index >= 15 is 0 Å². The molecule has 1 heteroatoms. The summed E-state index contributed by atoms with van der Waals surface area (Å²) in [7, 11) is 0. The zero-order valence-corrected chi connectivity index (χ0v) is 15.9. The molecule has 0 radical (unpaired) electrons. The van der Waals surface area contributed by atoms with Crippen molar-refractivity contribution in [2.75, 3.05) is 6.54 Å². The van der Waals surface area contributed by atoms with E-state index < -0.39 is 0 Å². The second kappa shape index (κ2) is 21.4. The van der Waals surface area contributed by atoms with Crippen molar-refractivity contribution >= 4 is 0 Å². The molecule has 0 aromatic heterocycles. The minimum atomic E-state index is 0.857. The molecule has 23 heavy (non-hydrogen) atoms. The monoisotopic (exact) mass is 321 g/mol. The van der Waals surface area contributed by atoms with Crippen molar-refractivity contribution in [2.45, 2.75) is 110 Å². The third kappa shape index (κ3) is 21.4. The van der Waals surface area contributed by atoms with E-state index in [-0.39, 0.29) is 0 Å². The average Bonchev–Trinajstić information content (AvgIpc) is 2.57. The fourth-order valence-electron chi connectivity index (χ4n) is 2.82. The highest BCUT2D eigenvalue weighted by Crippen LogP contribution is 2.09. The molecule has 0 rings (SSSR count). The lowest BCUT2D eigenvalue weighted by molar-refractivity contribution is 0.600. The molecule has 0 aliphatic heterocycles. The molecule has 0 spiro atoms. The maximum atomic E-state index is 5.49. The van der Waals surface area contributed by atoms with Crippen LogP contribution in [0.3, 0.4) is 0 Å². The standard InChI is InChI=1S/C22H43N/c1-2-3-4-5-6-7-8-9-10-11-12-13-14-15-16-17-18-19-20-21-22-23/h9-10,13-14H,2-8,11-12,15-23H2,1H3/b10-9+,14-13+. The van der Waals surface area contributed by atoms with E-state index in [1.54, 1.807) is 0 Å². The molecule has 0 atom stereocenters. The van der Waals surface area contributed by atoms with Crippen molar-refractivity contribution in [1.29, 1.82) is 0 Å². The third-order valence-electron chi connectivity index (χ3n) is 4.38. The zero-order valence-electron chi connectivity index (χ0n) is 15.9. The molecule has 1 nitrogen and oxygen atoms in total. The van der Waals surface area contributed by atoms with Crippen LogP contribution in [-0.4, -0.2) is 6.54 Å². The summed E-state index contributed by atoms with van der Waals surface area (Å²) in [5, 5.41) is 0. The lowest BCUT2D eigenvalue weighted by Crippen LogP contribution is -1.97. The van der Waals surface area contributed by atoms with Gasteiger partial charge >= 0.3 is 0 Å². The van der Waals surface area contributed by atoms with Crippen molar-refractivity contribution in [3.05, 3.63) is 24.3 Å². The van der Waals surface area contributed by atoms with Crippen molar-refractivity contribution in [2.24, 2.45) is 5.73 Å². The predicted octanol–water partition coefficient (Wildman–Crippen LogP) is 7.32. The Hall–Kier alpha value is -0.560. The van der Waals surface area contributed by atoms with E-state index in [1.165, 1.54) is 103 Å². The molecule has 0 aliphatic carbocycles. The van der Waals surface area contributed by atoms with Gasteiger partial charge in [0.05, 0.1) is 0 Å². The van der Waals surface area contributed by atoms with E-state index in [4.69, 9.17) is 5.73 Å². The Morgan fingerprint density at radius 3 is 1.35 bits per heavy atom. The number of unbranched alkanes of at least 4 members (excludes halogenated alkanes) is 13. The fraction of sp³-hybridized carbons (Fsp3) is 0.818. The SMILES string of the molecule is CCCCCCCC/C=C/CC/C=C/CCCCCCCCN. The molecule has 2 N–H and O–H groups in total. The van der Waals surface area contributed by atoms with Gasteiger partial charge in [0.15, 0.2) is 0 Å². The Bertz CT molecular complexity index is 255. The average molecular weight is 322 g/mol. The van der Waals surface area contributed by atoms with Gasteiger partial charge in [0, 0.05) is 0 Å². The van der Waals surface area contributed by atoms with Crippen LogP contribution in [0.25, 0.3) is 0 Å². The van der Waals surface area contributed by atoms with Gasteiger partial charge in [-0.1, -0.05) is 89.0 Å². The van der Waals surface area contributed by atoms with Crippen LogP contribution in [-0.2, 0) is 0 Å². The van der Waals surface area contributed by atoms with Crippen LogP contribution in [0.2, 0.25) is 0 Å². The van der Waals surface area contributed by atoms with E-state index in [0.29, 0.717) is 0 Å².